The van der Waals surface area contributed by atoms with Crippen LogP contribution in [-0.2, 0) is 0 Å². The highest BCUT2D eigenvalue weighted by molar-refractivity contribution is 5.97. The molecular weight excluding hydrogens is 252 g/mol. The fourth-order valence-corrected chi connectivity index (χ4v) is 1.89. The van der Waals surface area contributed by atoms with Crippen molar-refractivity contribution >= 4 is 17.9 Å². The number of hydrazine groups is 1. The van der Waals surface area contributed by atoms with Gasteiger partial charge in [0.2, 0.25) is 6.29 Å². The first-order chi connectivity index (χ1) is 9.15. The summed E-state index contributed by atoms with van der Waals surface area (Å²) in [6.45, 7) is 1.85. The molecule has 0 fully saturated rings. The van der Waals surface area contributed by atoms with Crippen molar-refractivity contribution in [1.29, 1.82) is 0 Å². The van der Waals surface area contributed by atoms with E-state index in [1.54, 1.807) is 11.1 Å². The smallest absolute Gasteiger partial charge is 0.217 e. The number of rotatable bonds is 1. The third kappa shape index (κ3) is 2.03. The summed E-state index contributed by atoms with van der Waals surface area (Å²) in [7, 11) is 0. The molecule has 2 aliphatic heterocycles. The van der Waals surface area contributed by atoms with Crippen LogP contribution in [0.4, 0.5) is 14.5 Å². The van der Waals surface area contributed by atoms with E-state index in [0.717, 1.165) is 11.8 Å². The Bertz CT molecular complexity index is 608. The lowest BCUT2D eigenvalue weighted by atomic mass is 10.3. The van der Waals surface area contributed by atoms with Gasteiger partial charge in [0.25, 0.3) is 0 Å². The Morgan fingerprint density at radius 3 is 3.05 bits per heavy atom. The molecule has 2 heterocycles. The van der Waals surface area contributed by atoms with Crippen LogP contribution in [-0.4, -0.2) is 23.5 Å². The predicted octanol–water partition coefficient (Wildman–Crippen LogP) is 1.63. The van der Waals surface area contributed by atoms with Crippen molar-refractivity contribution in [3.63, 3.8) is 0 Å². The summed E-state index contributed by atoms with van der Waals surface area (Å²) < 4.78 is 26.8. The first-order valence-electron chi connectivity index (χ1n) is 5.70. The number of benzene rings is 1. The number of amidine groups is 1. The summed E-state index contributed by atoms with van der Waals surface area (Å²) in [5.74, 6) is -1.42. The highest BCUT2D eigenvalue weighted by Gasteiger charge is 2.27. The molecule has 1 aromatic carbocycles. The maximum Gasteiger partial charge on any atom is 0.217 e. The number of nitrogens with zero attached hydrogens (tertiary/aromatic N) is 3. The molecular formula is C12H11F2N5. The van der Waals surface area contributed by atoms with Crippen molar-refractivity contribution in [2.75, 3.05) is 0 Å². The number of fused-ring (bicyclic) bond motifs is 1. The Kier molecular flexibility index (Phi) is 2.66. The van der Waals surface area contributed by atoms with Crippen molar-refractivity contribution in [3.8, 4) is 0 Å². The van der Waals surface area contributed by atoms with E-state index >= 15 is 0 Å². The van der Waals surface area contributed by atoms with Gasteiger partial charge < -0.3 is 5.32 Å². The maximum atomic E-state index is 13.6. The average Bonchev–Trinajstić information content (AvgIpc) is 2.83. The van der Waals surface area contributed by atoms with Crippen LogP contribution in [0.5, 0.6) is 0 Å². The van der Waals surface area contributed by atoms with E-state index < -0.39 is 11.6 Å². The van der Waals surface area contributed by atoms with Crippen LogP contribution in [0, 0.1) is 11.6 Å². The van der Waals surface area contributed by atoms with Gasteiger partial charge in [0.05, 0.1) is 0 Å². The van der Waals surface area contributed by atoms with Gasteiger partial charge in [-0.2, -0.15) is 0 Å². The SMILES string of the molecule is CC1=CC(=Nc2cccc(F)c2F)N2NC=NC2N1. The van der Waals surface area contributed by atoms with Gasteiger partial charge in [0, 0.05) is 11.8 Å². The maximum absolute atomic E-state index is 13.6. The van der Waals surface area contributed by atoms with Gasteiger partial charge in [0.1, 0.15) is 12.0 Å². The van der Waals surface area contributed by atoms with E-state index in [-0.39, 0.29) is 12.0 Å². The quantitative estimate of drug-likeness (QED) is 0.809. The molecule has 0 saturated heterocycles. The van der Waals surface area contributed by atoms with E-state index in [0.29, 0.717) is 5.84 Å². The molecule has 0 spiro atoms. The minimum Gasteiger partial charge on any atom is -0.349 e. The van der Waals surface area contributed by atoms with Gasteiger partial charge in [0.15, 0.2) is 17.5 Å². The van der Waals surface area contributed by atoms with Crippen molar-refractivity contribution in [2.24, 2.45) is 9.98 Å². The summed E-state index contributed by atoms with van der Waals surface area (Å²) in [5, 5.41) is 4.72. The zero-order valence-corrected chi connectivity index (χ0v) is 10.1. The zero-order chi connectivity index (χ0) is 13.4. The lowest BCUT2D eigenvalue weighted by molar-refractivity contribution is 0.278. The van der Waals surface area contributed by atoms with Crippen LogP contribution in [0.1, 0.15) is 6.92 Å². The first kappa shape index (κ1) is 11.6. The van der Waals surface area contributed by atoms with E-state index in [2.05, 4.69) is 20.7 Å². The van der Waals surface area contributed by atoms with Crippen LogP contribution in [0.15, 0.2) is 40.0 Å². The van der Waals surface area contributed by atoms with Crippen molar-refractivity contribution in [3.05, 3.63) is 41.6 Å². The van der Waals surface area contributed by atoms with Gasteiger partial charge in [-0.05, 0) is 19.1 Å². The summed E-state index contributed by atoms with van der Waals surface area (Å²) >= 11 is 0. The molecule has 98 valence electrons. The summed E-state index contributed by atoms with van der Waals surface area (Å²) in [6.07, 6.45) is 2.92. The van der Waals surface area contributed by atoms with Crippen molar-refractivity contribution in [2.45, 2.75) is 13.2 Å². The zero-order valence-electron chi connectivity index (χ0n) is 10.1. The van der Waals surface area contributed by atoms with Crippen LogP contribution in [0.2, 0.25) is 0 Å². The Labute approximate surface area is 108 Å². The minimum atomic E-state index is -0.962. The largest absolute Gasteiger partial charge is 0.349 e. The molecule has 0 amide bonds. The number of hydrogen-bond donors (Lipinski definition) is 2. The van der Waals surface area contributed by atoms with Crippen LogP contribution >= 0.6 is 0 Å². The minimum absolute atomic E-state index is 0.0478. The third-order valence-electron chi connectivity index (χ3n) is 2.77. The number of aliphatic imine (C=N–C) groups is 2. The Hall–Kier alpha value is -2.44. The van der Waals surface area contributed by atoms with Crippen molar-refractivity contribution in [1.82, 2.24) is 15.8 Å². The number of allylic oxidation sites excluding steroid dienone is 1. The van der Waals surface area contributed by atoms with Gasteiger partial charge in [-0.25, -0.2) is 23.8 Å². The Morgan fingerprint density at radius 2 is 2.21 bits per heavy atom. The normalized spacial score (nSPS) is 22.9. The molecule has 1 unspecified atom stereocenters. The molecule has 2 aliphatic rings. The third-order valence-corrected chi connectivity index (χ3v) is 2.77. The second-order valence-corrected chi connectivity index (χ2v) is 4.17. The molecule has 7 heteroatoms. The van der Waals surface area contributed by atoms with Crippen LogP contribution in [0.3, 0.4) is 0 Å². The molecule has 0 saturated carbocycles. The second-order valence-electron chi connectivity index (χ2n) is 4.17. The standard InChI is InChI=1S/C12H11F2N5/c1-7-5-10(19-12(17-7)15-6-16-19)18-9-4-2-3-8(13)11(9)14/h2-6,12,17H,1H3,(H,15,16). The average molecular weight is 263 g/mol. The van der Waals surface area contributed by atoms with E-state index in [9.17, 15) is 8.78 Å². The topological polar surface area (TPSA) is 52.0 Å². The number of nitrogens with one attached hydrogen (secondary N) is 2. The fourth-order valence-electron chi connectivity index (χ4n) is 1.89. The monoisotopic (exact) mass is 263 g/mol. The number of hydrogen-bond acceptors (Lipinski definition) is 4. The molecule has 19 heavy (non-hydrogen) atoms. The molecule has 0 aromatic heterocycles. The molecule has 1 atom stereocenters. The fraction of sp³-hybridized carbons (Fsp3) is 0.167. The Balaban J connectivity index is 2.02. The highest BCUT2D eigenvalue weighted by Crippen LogP contribution is 2.22. The second kappa shape index (κ2) is 4.34. The number of halogens is 2. The molecule has 2 N–H and O–H groups in total. The van der Waals surface area contributed by atoms with Crippen LogP contribution in [0.25, 0.3) is 0 Å². The Morgan fingerprint density at radius 1 is 1.37 bits per heavy atom. The summed E-state index contributed by atoms with van der Waals surface area (Å²) in [6, 6.07) is 3.89. The van der Waals surface area contributed by atoms with Gasteiger partial charge in [-0.3, -0.25) is 5.43 Å². The molecule has 0 aliphatic carbocycles. The van der Waals surface area contributed by atoms with E-state index in [4.69, 9.17) is 0 Å². The molecule has 0 bridgehead atoms. The molecule has 1 aromatic rings. The lowest BCUT2D eigenvalue weighted by Gasteiger charge is -2.30. The first-order valence-corrected chi connectivity index (χ1v) is 5.70. The molecule has 5 nitrogen and oxygen atoms in total. The van der Waals surface area contributed by atoms with Crippen molar-refractivity contribution < 1.29 is 8.78 Å². The predicted molar refractivity (Wildman–Crippen MR) is 67.6 cm³/mol. The summed E-state index contributed by atoms with van der Waals surface area (Å²) in [5.41, 5.74) is 3.67. The highest BCUT2D eigenvalue weighted by atomic mass is 19.2. The van der Waals surface area contributed by atoms with E-state index in [1.807, 2.05) is 6.92 Å². The van der Waals surface area contributed by atoms with Gasteiger partial charge >= 0.3 is 0 Å². The molecule has 3 rings (SSSR count). The van der Waals surface area contributed by atoms with Crippen LogP contribution < -0.4 is 10.7 Å². The van der Waals surface area contributed by atoms with E-state index in [1.165, 1.54) is 18.5 Å². The lowest BCUT2D eigenvalue weighted by Crippen LogP contribution is -2.51. The summed E-state index contributed by atoms with van der Waals surface area (Å²) in [4.78, 5) is 8.27. The van der Waals surface area contributed by atoms with Gasteiger partial charge in [-0.1, -0.05) is 6.07 Å². The van der Waals surface area contributed by atoms with Gasteiger partial charge in [-0.15, -0.1) is 0 Å². The molecule has 0 radical (unpaired) electrons.